The molecule has 0 aliphatic rings. The standard InChI is InChI=1S/C40H69O8P/c1-4-7-9-11-13-15-17-19-21-23-25-27-29-31-33-35-40(42)48-38(37-47-49(43,44)46-6-3)36-45-39(41)34-32-30-28-26-24-22-20-18-16-14-12-10-8-5-2/h7,9,12-15,18-21,38H,4-6,8,10-11,16-17,22-37H2,1-3H3,(H,43,44)/b9-7-,14-12-,15-13-,20-18-,21-19-. The van der Waals surface area contributed by atoms with Crippen LogP contribution in [0.1, 0.15) is 156 Å². The van der Waals surface area contributed by atoms with Crippen LogP contribution in [0.25, 0.3) is 0 Å². The first-order chi connectivity index (χ1) is 23.8. The third-order valence-corrected chi connectivity index (χ3v) is 8.62. The molecular weight excluding hydrogens is 639 g/mol. The lowest BCUT2D eigenvalue weighted by Gasteiger charge is -2.19. The lowest BCUT2D eigenvalue weighted by atomic mass is 10.1. The number of carbonyl (C=O) groups is 2. The molecule has 0 radical (unpaired) electrons. The molecule has 0 spiro atoms. The van der Waals surface area contributed by atoms with Crippen molar-refractivity contribution in [2.45, 2.75) is 162 Å². The predicted octanol–water partition coefficient (Wildman–Crippen LogP) is 11.6. The normalized spacial score (nSPS) is 14.1. The first-order valence-electron chi connectivity index (χ1n) is 19.1. The highest BCUT2D eigenvalue weighted by Gasteiger charge is 2.25. The summed E-state index contributed by atoms with van der Waals surface area (Å²) in [5.74, 6) is -0.840. The van der Waals surface area contributed by atoms with Gasteiger partial charge in [-0.1, -0.05) is 126 Å². The summed E-state index contributed by atoms with van der Waals surface area (Å²) in [6, 6.07) is 0. The van der Waals surface area contributed by atoms with E-state index in [4.69, 9.17) is 18.5 Å². The Morgan fingerprint density at radius 1 is 0.571 bits per heavy atom. The van der Waals surface area contributed by atoms with Gasteiger partial charge >= 0.3 is 19.8 Å². The van der Waals surface area contributed by atoms with E-state index >= 15 is 0 Å². The van der Waals surface area contributed by atoms with Crippen LogP contribution < -0.4 is 0 Å². The topological polar surface area (TPSA) is 108 Å². The molecule has 0 saturated heterocycles. The maximum absolute atomic E-state index is 12.5. The molecule has 2 unspecified atom stereocenters. The Morgan fingerprint density at radius 3 is 1.57 bits per heavy atom. The van der Waals surface area contributed by atoms with Crippen LogP contribution in [0.3, 0.4) is 0 Å². The molecule has 0 amide bonds. The largest absolute Gasteiger partial charge is 0.472 e. The Morgan fingerprint density at radius 2 is 1.04 bits per heavy atom. The summed E-state index contributed by atoms with van der Waals surface area (Å²) < 4.78 is 32.5. The van der Waals surface area contributed by atoms with Crippen molar-refractivity contribution >= 4 is 19.8 Å². The fourth-order valence-electron chi connectivity index (χ4n) is 4.78. The number of allylic oxidation sites excluding steroid dienone is 10. The molecular formula is C40H69O8P. The van der Waals surface area contributed by atoms with Crippen molar-refractivity contribution in [3.8, 4) is 0 Å². The molecule has 9 heteroatoms. The second-order valence-corrected chi connectivity index (χ2v) is 13.7. The maximum Gasteiger partial charge on any atom is 0.472 e. The molecule has 0 aliphatic carbocycles. The van der Waals surface area contributed by atoms with E-state index in [1.165, 1.54) is 12.8 Å². The second kappa shape index (κ2) is 35.6. The zero-order valence-electron chi connectivity index (χ0n) is 31.1. The summed E-state index contributed by atoms with van der Waals surface area (Å²) in [6.45, 7) is 5.26. The minimum atomic E-state index is -4.29. The van der Waals surface area contributed by atoms with Crippen molar-refractivity contribution in [2.24, 2.45) is 0 Å². The lowest BCUT2D eigenvalue weighted by Crippen LogP contribution is -2.29. The van der Waals surface area contributed by atoms with Crippen molar-refractivity contribution < 1.29 is 37.6 Å². The smallest absolute Gasteiger partial charge is 0.462 e. The van der Waals surface area contributed by atoms with Crippen LogP contribution in [0.5, 0.6) is 0 Å². The van der Waals surface area contributed by atoms with Crippen molar-refractivity contribution in [1.82, 2.24) is 0 Å². The molecule has 282 valence electrons. The molecule has 0 heterocycles. The summed E-state index contributed by atoms with van der Waals surface area (Å²) in [4.78, 5) is 34.6. The highest BCUT2D eigenvalue weighted by Crippen LogP contribution is 2.43. The molecule has 1 N–H and O–H groups in total. The van der Waals surface area contributed by atoms with E-state index in [0.717, 1.165) is 103 Å². The number of phosphoric acid groups is 1. The zero-order chi connectivity index (χ0) is 36.1. The van der Waals surface area contributed by atoms with E-state index in [1.54, 1.807) is 6.92 Å². The van der Waals surface area contributed by atoms with E-state index in [1.807, 2.05) is 0 Å². The number of unbranched alkanes of at least 4 members (excludes halogenated alkanes) is 12. The maximum atomic E-state index is 12.5. The molecule has 0 saturated carbocycles. The second-order valence-electron chi connectivity index (χ2n) is 12.2. The van der Waals surface area contributed by atoms with Crippen molar-refractivity contribution in [2.75, 3.05) is 19.8 Å². The van der Waals surface area contributed by atoms with Crippen LogP contribution in [0, 0.1) is 0 Å². The Balaban J connectivity index is 4.22. The van der Waals surface area contributed by atoms with Gasteiger partial charge in [-0.05, 0) is 77.6 Å². The number of hydrogen-bond acceptors (Lipinski definition) is 7. The van der Waals surface area contributed by atoms with Gasteiger partial charge in [-0.2, -0.15) is 0 Å². The van der Waals surface area contributed by atoms with Gasteiger partial charge < -0.3 is 14.4 Å². The van der Waals surface area contributed by atoms with Crippen LogP contribution in [0.2, 0.25) is 0 Å². The minimum absolute atomic E-state index is 0.00839. The van der Waals surface area contributed by atoms with Gasteiger partial charge in [-0.3, -0.25) is 18.6 Å². The fraction of sp³-hybridized carbons (Fsp3) is 0.700. The van der Waals surface area contributed by atoms with Crippen molar-refractivity contribution in [3.63, 3.8) is 0 Å². The van der Waals surface area contributed by atoms with Crippen LogP contribution in [-0.4, -0.2) is 42.8 Å². The average molecular weight is 709 g/mol. The molecule has 0 aliphatic heterocycles. The molecule has 0 fully saturated rings. The predicted molar refractivity (Wildman–Crippen MR) is 202 cm³/mol. The van der Waals surface area contributed by atoms with E-state index in [2.05, 4.69) is 74.6 Å². The number of phosphoric ester groups is 1. The number of rotatable bonds is 34. The third kappa shape index (κ3) is 35.4. The first kappa shape index (κ1) is 46.8. The molecule has 0 aromatic carbocycles. The quantitative estimate of drug-likeness (QED) is 0.0304. The van der Waals surface area contributed by atoms with Gasteiger partial charge in [0.2, 0.25) is 0 Å². The van der Waals surface area contributed by atoms with Gasteiger partial charge in [-0.25, -0.2) is 4.57 Å². The Hall–Kier alpha value is -2.25. The summed E-state index contributed by atoms with van der Waals surface area (Å²) in [5, 5.41) is 0. The van der Waals surface area contributed by atoms with E-state index in [-0.39, 0.29) is 32.0 Å². The summed E-state index contributed by atoms with van der Waals surface area (Å²) >= 11 is 0. The minimum Gasteiger partial charge on any atom is -0.462 e. The number of hydrogen-bond donors (Lipinski definition) is 1. The van der Waals surface area contributed by atoms with Crippen molar-refractivity contribution in [3.05, 3.63) is 60.8 Å². The number of ether oxygens (including phenoxy) is 2. The SMILES string of the molecule is CC/C=C\C/C=C\C/C=C\CCCCCCCC(=O)OC(COC(=O)CCCCCCC/C=C\C/C=C\CCCC)COP(=O)(O)OCC. The Labute approximate surface area is 299 Å². The highest BCUT2D eigenvalue weighted by molar-refractivity contribution is 7.47. The molecule has 0 rings (SSSR count). The fourth-order valence-corrected chi connectivity index (χ4v) is 5.53. The zero-order valence-corrected chi connectivity index (χ0v) is 32.0. The lowest BCUT2D eigenvalue weighted by molar-refractivity contribution is -0.161. The van der Waals surface area contributed by atoms with Gasteiger partial charge in [0, 0.05) is 12.8 Å². The molecule has 2 atom stereocenters. The molecule has 49 heavy (non-hydrogen) atoms. The molecule has 0 bridgehead atoms. The van der Waals surface area contributed by atoms with Gasteiger partial charge in [0.05, 0.1) is 13.2 Å². The van der Waals surface area contributed by atoms with Gasteiger partial charge in [0.25, 0.3) is 0 Å². The Bertz CT molecular complexity index is 985. The van der Waals surface area contributed by atoms with E-state index in [9.17, 15) is 19.0 Å². The average Bonchev–Trinajstić information content (AvgIpc) is 3.07. The molecule has 8 nitrogen and oxygen atoms in total. The molecule has 0 aromatic rings. The molecule has 0 aromatic heterocycles. The van der Waals surface area contributed by atoms with Crippen LogP contribution in [0.15, 0.2) is 60.8 Å². The van der Waals surface area contributed by atoms with Crippen LogP contribution in [-0.2, 0) is 32.7 Å². The third-order valence-electron chi connectivity index (χ3n) is 7.56. The van der Waals surface area contributed by atoms with Gasteiger partial charge in [0.1, 0.15) is 6.61 Å². The Kier molecular flexibility index (Phi) is 33.9. The summed E-state index contributed by atoms with van der Waals surface area (Å²) in [7, 11) is -4.29. The van der Waals surface area contributed by atoms with Crippen LogP contribution in [0.4, 0.5) is 0 Å². The van der Waals surface area contributed by atoms with E-state index in [0.29, 0.717) is 6.42 Å². The summed E-state index contributed by atoms with van der Waals surface area (Å²) in [6.07, 6.45) is 41.3. The van der Waals surface area contributed by atoms with E-state index < -0.39 is 26.5 Å². The summed E-state index contributed by atoms with van der Waals surface area (Å²) in [5.41, 5.74) is 0. The monoisotopic (exact) mass is 708 g/mol. The highest BCUT2D eigenvalue weighted by atomic mass is 31.2. The number of esters is 2. The first-order valence-corrected chi connectivity index (χ1v) is 20.6. The van der Waals surface area contributed by atoms with Gasteiger partial charge in [0.15, 0.2) is 6.10 Å². The van der Waals surface area contributed by atoms with Crippen LogP contribution >= 0.6 is 7.82 Å². The van der Waals surface area contributed by atoms with Gasteiger partial charge in [-0.15, -0.1) is 0 Å². The van der Waals surface area contributed by atoms with Crippen molar-refractivity contribution in [1.29, 1.82) is 0 Å². The number of carbonyl (C=O) groups excluding carboxylic acids is 2.